The Morgan fingerprint density at radius 2 is 1.95 bits per heavy atom. The van der Waals surface area contributed by atoms with Crippen LogP contribution in [0.3, 0.4) is 0 Å². The van der Waals surface area contributed by atoms with Crippen LogP contribution in [0.4, 0.5) is 11.5 Å². The molecule has 1 aromatic carbocycles. The summed E-state index contributed by atoms with van der Waals surface area (Å²) in [6, 6.07) is 7.33. The minimum absolute atomic E-state index is 0.460. The maximum atomic E-state index is 11.8. The fourth-order valence-electron chi connectivity index (χ4n) is 2.32. The van der Waals surface area contributed by atoms with E-state index in [0.717, 1.165) is 11.1 Å². The van der Waals surface area contributed by atoms with Gasteiger partial charge in [-0.25, -0.2) is 0 Å². The van der Waals surface area contributed by atoms with Gasteiger partial charge in [-0.15, -0.1) is 0 Å². The molecule has 108 valence electrons. The number of rotatable bonds is 2. The van der Waals surface area contributed by atoms with E-state index in [-0.39, 0.29) is 0 Å². The van der Waals surface area contributed by atoms with Gasteiger partial charge in [0, 0.05) is 31.4 Å². The molecule has 21 heavy (non-hydrogen) atoms. The minimum Gasteiger partial charge on any atom is -0.383 e. The molecule has 1 saturated heterocycles. The Kier molecular flexibility index (Phi) is 3.09. The SMILES string of the molecule is Cn1ncc(-c2ccc(N3CCNC(=O)C3=O)cc2)c1N. The normalized spacial score (nSPS) is 15.2. The molecular weight excluding hydrogens is 270 g/mol. The third-order valence-corrected chi connectivity index (χ3v) is 3.53. The number of amides is 2. The second-order valence-corrected chi connectivity index (χ2v) is 4.83. The predicted molar refractivity (Wildman–Crippen MR) is 78.4 cm³/mol. The van der Waals surface area contributed by atoms with Gasteiger partial charge in [0.15, 0.2) is 0 Å². The quantitative estimate of drug-likeness (QED) is 0.767. The van der Waals surface area contributed by atoms with Crippen LogP contribution >= 0.6 is 0 Å². The van der Waals surface area contributed by atoms with Crippen LogP contribution in [0.15, 0.2) is 30.5 Å². The minimum atomic E-state index is -0.568. The van der Waals surface area contributed by atoms with Crippen LogP contribution in [0.1, 0.15) is 0 Å². The number of benzene rings is 1. The molecule has 2 heterocycles. The zero-order valence-electron chi connectivity index (χ0n) is 11.5. The van der Waals surface area contributed by atoms with Gasteiger partial charge in [0.2, 0.25) is 0 Å². The number of nitrogens with one attached hydrogen (secondary N) is 1. The van der Waals surface area contributed by atoms with E-state index in [9.17, 15) is 9.59 Å². The van der Waals surface area contributed by atoms with E-state index < -0.39 is 11.8 Å². The van der Waals surface area contributed by atoms with Gasteiger partial charge in [0.05, 0.1) is 6.20 Å². The van der Waals surface area contributed by atoms with Crippen molar-refractivity contribution in [3.8, 4) is 11.1 Å². The van der Waals surface area contributed by atoms with Crippen LogP contribution in [0, 0.1) is 0 Å². The maximum Gasteiger partial charge on any atom is 0.316 e. The second kappa shape index (κ2) is 4.93. The van der Waals surface area contributed by atoms with Gasteiger partial charge in [-0.3, -0.25) is 14.3 Å². The fourth-order valence-corrected chi connectivity index (χ4v) is 2.32. The van der Waals surface area contributed by atoms with Crippen LogP contribution < -0.4 is 16.0 Å². The van der Waals surface area contributed by atoms with Crippen LogP contribution in [-0.2, 0) is 16.6 Å². The third-order valence-electron chi connectivity index (χ3n) is 3.53. The molecule has 3 N–H and O–H groups in total. The number of piperazine rings is 1. The number of nitrogens with two attached hydrogens (primary N) is 1. The van der Waals surface area contributed by atoms with Crippen molar-refractivity contribution in [2.45, 2.75) is 0 Å². The zero-order valence-corrected chi connectivity index (χ0v) is 11.5. The Hall–Kier alpha value is -2.83. The van der Waals surface area contributed by atoms with Crippen molar-refractivity contribution in [2.75, 3.05) is 23.7 Å². The summed E-state index contributed by atoms with van der Waals surface area (Å²) in [7, 11) is 1.78. The topological polar surface area (TPSA) is 93.2 Å². The molecule has 1 fully saturated rings. The Morgan fingerprint density at radius 3 is 2.57 bits per heavy atom. The highest BCUT2D eigenvalue weighted by molar-refractivity contribution is 6.41. The maximum absolute atomic E-state index is 11.8. The van der Waals surface area contributed by atoms with Crippen molar-refractivity contribution >= 4 is 23.3 Å². The molecule has 0 spiro atoms. The van der Waals surface area contributed by atoms with Gasteiger partial charge in [0.1, 0.15) is 5.82 Å². The molecule has 3 rings (SSSR count). The van der Waals surface area contributed by atoms with Crippen LogP contribution in [0.5, 0.6) is 0 Å². The molecule has 1 aromatic heterocycles. The van der Waals surface area contributed by atoms with E-state index in [1.54, 1.807) is 30.1 Å². The molecule has 2 aromatic rings. The smallest absolute Gasteiger partial charge is 0.316 e. The largest absolute Gasteiger partial charge is 0.383 e. The van der Waals surface area contributed by atoms with E-state index >= 15 is 0 Å². The number of nitrogens with zero attached hydrogens (tertiary/aromatic N) is 3. The number of hydrogen-bond acceptors (Lipinski definition) is 4. The van der Waals surface area contributed by atoms with Crippen LogP contribution in [0.25, 0.3) is 11.1 Å². The first kappa shape index (κ1) is 13.2. The first-order valence-corrected chi connectivity index (χ1v) is 6.55. The molecule has 1 aliphatic heterocycles. The molecule has 0 saturated carbocycles. The van der Waals surface area contributed by atoms with Crippen molar-refractivity contribution < 1.29 is 9.59 Å². The second-order valence-electron chi connectivity index (χ2n) is 4.83. The summed E-state index contributed by atoms with van der Waals surface area (Å²) >= 11 is 0. The summed E-state index contributed by atoms with van der Waals surface area (Å²) in [6.07, 6.45) is 1.70. The third kappa shape index (κ3) is 2.22. The number of nitrogen functional groups attached to an aromatic ring is 1. The first-order chi connectivity index (χ1) is 10.1. The van der Waals surface area contributed by atoms with E-state index in [2.05, 4.69) is 10.4 Å². The summed E-state index contributed by atoms with van der Waals surface area (Å²) < 4.78 is 1.60. The summed E-state index contributed by atoms with van der Waals surface area (Å²) in [5.41, 5.74) is 8.39. The highest BCUT2D eigenvalue weighted by Crippen LogP contribution is 2.27. The highest BCUT2D eigenvalue weighted by Gasteiger charge is 2.27. The molecule has 0 bridgehead atoms. The first-order valence-electron chi connectivity index (χ1n) is 6.55. The zero-order chi connectivity index (χ0) is 15.0. The summed E-state index contributed by atoms with van der Waals surface area (Å²) in [5, 5.41) is 6.62. The fraction of sp³-hybridized carbons (Fsp3) is 0.214. The number of aryl methyl sites for hydroxylation is 1. The van der Waals surface area contributed by atoms with Gasteiger partial charge in [-0.2, -0.15) is 5.10 Å². The Labute approximate surface area is 121 Å². The Balaban J connectivity index is 1.89. The van der Waals surface area contributed by atoms with Crippen molar-refractivity contribution in [1.29, 1.82) is 0 Å². The predicted octanol–water partition coefficient (Wildman–Crippen LogP) is 0.132. The molecule has 1 aliphatic rings. The van der Waals surface area contributed by atoms with Crippen molar-refractivity contribution in [3.05, 3.63) is 30.5 Å². The number of anilines is 2. The lowest BCUT2D eigenvalue weighted by Crippen LogP contribution is -2.52. The van der Waals surface area contributed by atoms with Crippen molar-refractivity contribution in [1.82, 2.24) is 15.1 Å². The van der Waals surface area contributed by atoms with Gasteiger partial charge in [0.25, 0.3) is 0 Å². The van der Waals surface area contributed by atoms with Gasteiger partial charge < -0.3 is 16.0 Å². The summed E-state index contributed by atoms with van der Waals surface area (Å²) in [5.74, 6) is -0.520. The van der Waals surface area contributed by atoms with Crippen molar-refractivity contribution in [2.24, 2.45) is 7.05 Å². The molecule has 7 nitrogen and oxygen atoms in total. The van der Waals surface area contributed by atoms with Gasteiger partial charge >= 0.3 is 11.8 Å². The molecule has 0 radical (unpaired) electrons. The van der Waals surface area contributed by atoms with E-state index in [1.807, 2.05) is 12.1 Å². The lowest BCUT2D eigenvalue weighted by molar-refractivity contribution is -0.138. The molecule has 0 atom stereocenters. The standard InChI is InChI=1S/C14H15N5O2/c1-18-12(15)11(8-17-18)9-2-4-10(5-3-9)19-7-6-16-13(20)14(19)21/h2-5,8H,6-7,15H2,1H3,(H,16,20). The lowest BCUT2D eigenvalue weighted by atomic mass is 10.1. The molecule has 0 unspecified atom stereocenters. The van der Waals surface area contributed by atoms with Gasteiger partial charge in [-0.05, 0) is 17.7 Å². The van der Waals surface area contributed by atoms with E-state index in [1.165, 1.54) is 4.90 Å². The molecule has 0 aliphatic carbocycles. The molecule has 7 heteroatoms. The molecular formula is C14H15N5O2. The van der Waals surface area contributed by atoms with Crippen LogP contribution in [-0.4, -0.2) is 34.7 Å². The lowest BCUT2D eigenvalue weighted by Gasteiger charge is -2.26. The Morgan fingerprint density at radius 1 is 1.24 bits per heavy atom. The van der Waals surface area contributed by atoms with Crippen molar-refractivity contribution in [3.63, 3.8) is 0 Å². The van der Waals surface area contributed by atoms with Crippen LogP contribution in [0.2, 0.25) is 0 Å². The summed E-state index contributed by atoms with van der Waals surface area (Å²) in [4.78, 5) is 24.7. The van der Waals surface area contributed by atoms with E-state index in [0.29, 0.717) is 24.6 Å². The number of hydrogen-bond donors (Lipinski definition) is 2. The molecule has 2 amide bonds. The highest BCUT2D eigenvalue weighted by atomic mass is 16.2. The van der Waals surface area contributed by atoms with E-state index in [4.69, 9.17) is 5.73 Å². The average Bonchev–Trinajstić information content (AvgIpc) is 2.82. The monoisotopic (exact) mass is 285 g/mol. The Bertz CT molecular complexity index is 705. The summed E-state index contributed by atoms with van der Waals surface area (Å²) in [6.45, 7) is 0.931. The number of aromatic nitrogens is 2. The average molecular weight is 285 g/mol. The van der Waals surface area contributed by atoms with Gasteiger partial charge in [-0.1, -0.05) is 12.1 Å². The number of carbonyl (C=O) groups is 2. The number of carbonyl (C=O) groups excluding carboxylic acids is 2.